The minimum atomic E-state index is -2.88. The van der Waals surface area contributed by atoms with E-state index < -0.39 is 9.84 Å². The molecule has 1 aromatic heterocycles. The molecular formula is C9H12BrNO2S2. The summed E-state index contributed by atoms with van der Waals surface area (Å²) in [6.07, 6.45) is 0.714. The predicted octanol–water partition coefficient (Wildman–Crippen LogP) is 1.96. The lowest BCUT2D eigenvalue weighted by molar-refractivity contribution is 0.577. The van der Waals surface area contributed by atoms with Crippen LogP contribution in [0.5, 0.6) is 0 Å². The van der Waals surface area contributed by atoms with Gasteiger partial charge < -0.3 is 5.32 Å². The molecule has 2 rings (SSSR count). The van der Waals surface area contributed by atoms with Gasteiger partial charge in [0, 0.05) is 14.7 Å². The van der Waals surface area contributed by atoms with E-state index in [1.165, 1.54) is 0 Å². The highest BCUT2D eigenvalue weighted by atomic mass is 79.9. The van der Waals surface area contributed by atoms with E-state index >= 15 is 0 Å². The Labute approximate surface area is 102 Å². The van der Waals surface area contributed by atoms with Crippen molar-refractivity contribution in [1.82, 2.24) is 5.32 Å². The third-order valence-electron chi connectivity index (χ3n) is 2.37. The van der Waals surface area contributed by atoms with E-state index in [1.807, 2.05) is 11.4 Å². The number of hydrogen-bond donors (Lipinski definition) is 1. The molecule has 1 aromatic rings. The topological polar surface area (TPSA) is 46.2 Å². The lowest BCUT2D eigenvalue weighted by Crippen LogP contribution is -2.24. The van der Waals surface area contributed by atoms with E-state index in [2.05, 4.69) is 21.2 Å². The Morgan fingerprint density at radius 1 is 1.53 bits per heavy atom. The van der Waals surface area contributed by atoms with Crippen LogP contribution < -0.4 is 5.32 Å². The maximum atomic E-state index is 11.6. The quantitative estimate of drug-likeness (QED) is 0.862. The molecule has 0 amide bonds. The molecule has 1 atom stereocenters. The number of nitrogens with one attached hydrogen (secondary N) is 1. The van der Waals surface area contributed by atoms with Crippen molar-refractivity contribution in [3.8, 4) is 0 Å². The van der Waals surface area contributed by atoms with Gasteiger partial charge in [-0.2, -0.15) is 0 Å². The van der Waals surface area contributed by atoms with Gasteiger partial charge in [-0.3, -0.25) is 0 Å². The van der Waals surface area contributed by atoms with Crippen LogP contribution in [0.3, 0.4) is 0 Å². The van der Waals surface area contributed by atoms with Crippen LogP contribution in [0.25, 0.3) is 0 Å². The normalized spacial score (nSPS) is 26.1. The molecule has 1 N–H and O–H groups in total. The van der Waals surface area contributed by atoms with Gasteiger partial charge in [0.2, 0.25) is 0 Å². The number of rotatable bonds is 1. The maximum Gasteiger partial charge on any atom is 0.152 e. The Kier molecular flexibility index (Phi) is 3.49. The van der Waals surface area contributed by atoms with E-state index in [0.29, 0.717) is 12.2 Å². The molecule has 0 radical (unpaired) electrons. The summed E-state index contributed by atoms with van der Waals surface area (Å²) in [6, 6.07) is 1.96. The molecule has 1 unspecified atom stereocenters. The molecule has 0 aliphatic carbocycles. The smallest absolute Gasteiger partial charge is 0.152 e. The molecule has 1 fully saturated rings. The average molecular weight is 310 g/mol. The summed E-state index contributed by atoms with van der Waals surface area (Å²) in [5.41, 5.74) is 0. The van der Waals surface area contributed by atoms with Crippen LogP contribution in [-0.4, -0.2) is 26.5 Å². The predicted molar refractivity (Wildman–Crippen MR) is 66.0 cm³/mol. The van der Waals surface area contributed by atoms with Gasteiger partial charge in [-0.1, -0.05) is 0 Å². The summed E-state index contributed by atoms with van der Waals surface area (Å²) < 4.78 is 24.2. The van der Waals surface area contributed by atoms with Crippen molar-refractivity contribution >= 4 is 37.1 Å². The van der Waals surface area contributed by atoms with E-state index in [9.17, 15) is 8.42 Å². The second kappa shape index (κ2) is 4.53. The molecule has 0 aromatic carbocycles. The van der Waals surface area contributed by atoms with Gasteiger partial charge in [-0.15, -0.1) is 11.3 Å². The maximum absolute atomic E-state index is 11.6. The van der Waals surface area contributed by atoms with E-state index in [0.717, 1.165) is 15.9 Å². The fourth-order valence-corrected chi connectivity index (χ4v) is 4.84. The van der Waals surface area contributed by atoms with Crippen molar-refractivity contribution < 1.29 is 8.42 Å². The Morgan fingerprint density at radius 2 is 2.33 bits per heavy atom. The highest BCUT2D eigenvalue weighted by molar-refractivity contribution is 9.10. The van der Waals surface area contributed by atoms with E-state index in [-0.39, 0.29) is 11.8 Å². The summed E-state index contributed by atoms with van der Waals surface area (Å²) in [5, 5.41) is 5.26. The molecule has 0 bridgehead atoms. The highest BCUT2D eigenvalue weighted by Gasteiger charge is 2.24. The van der Waals surface area contributed by atoms with Crippen LogP contribution >= 0.6 is 27.3 Å². The van der Waals surface area contributed by atoms with Crippen molar-refractivity contribution in [2.24, 2.45) is 0 Å². The molecule has 1 aliphatic heterocycles. The zero-order chi connectivity index (χ0) is 10.9. The van der Waals surface area contributed by atoms with E-state index in [1.54, 1.807) is 11.3 Å². The first-order chi connectivity index (χ1) is 7.07. The number of sulfone groups is 1. The standard InChI is InChI=1S/C9H12BrNO2S2/c10-7-4-9(14-5-7)8-6-15(12,13)3-1-2-11-8/h4-5,8,11H,1-3,6H2. The second-order valence-electron chi connectivity index (χ2n) is 3.64. The van der Waals surface area contributed by atoms with Crippen molar-refractivity contribution in [1.29, 1.82) is 0 Å². The van der Waals surface area contributed by atoms with Gasteiger partial charge in [0.15, 0.2) is 9.84 Å². The van der Waals surface area contributed by atoms with Crippen LogP contribution in [0, 0.1) is 0 Å². The van der Waals surface area contributed by atoms with Gasteiger partial charge in [-0.25, -0.2) is 8.42 Å². The largest absolute Gasteiger partial charge is 0.308 e. The first-order valence-corrected chi connectivity index (χ1v) is 8.24. The Hall–Kier alpha value is 0.0900. The first-order valence-electron chi connectivity index (χ1n) is 4.74. The minimum Gasteiger partial charge on any atom is -0.308 e. The summed E-state index contributed by atoms with van der Waals surface area (Å²) >= 11 is 4.97. The molecule has 0 saturated carbocycles. The SMILES string of the molecule is O=S1(=O)CCCNC(c2cc(Br)cs2)C1. The van der Waals surface area contributed by atoms with Crippen LogP contribution in [0.4, 0.5) is 0 Å². The second-order valence-corrected chi connectivity index (χ2v) is 7.73. The average Bonchev–Trinajstić information content (AvgIpc) is 2.49. The van der Waals surface area contributed by atoms with Crippen LogP contribution in [-0.2, 0) is 9.84 Å². The zero-order valence-corrected chi connectivity index (χ0v) is 11.3. The number of hydrogen-bond acceptors (Lipinski definition) is 4. The summed E-state index contributed by atoms with van der Waals surface area (Å²) in [4.78, 5) is 1.09. The van der Waals surface area contributed by atoms with E-state index in [4.69, 9.17) is 0 Å². The van der Waals surface area contributed by atoms with Gasteiger partial charge in [-0.05, 0) is 35.0 Å². The zero-order valence-electron chi connectivity index (χ0n) is 8.07. The third-order valence-corrected chi connectivity index (χ3v) is 5.93. The monoisotopic (exact) mass is 309 g/mol. The molecular weight excluding hydrogens is 298 g/mol. The minimum absolute atomic E-state index is 0.0335. The summed E-state index contributed by atoms with van der Waals surface area (Å²) in [6.45, 7) is 0.777. The number of thiophene rings is 1. The third kappa shape index (κ3) is 3.03. The lowest BCUT2D eigenvalue weighted by Gasteiger charge is -2.12. The molecule has 6 heteroatoms. The molecule has 2 heterocycles. The molecule has 15 heavy (non-hydrogen) atoms. The summed E-state index contributed by atoms with van der Waals surface area (Å²) in [5.74, 6) is 0.531. The number of halogens is 1. The van der Waals surface area contributed by atoms with Crippen molar-refractivity contribution in [2.45, 2.75) is 12.5 Å². The Bertz CT molecular complexity index is 441. The molecule has 1 saturated heterocycles. The lowest BCUT2D eigenvalue weighted by atomic mass is 10.2. The van der Waals surface area contributed by atoms with Gasteiger partial charge in [0.1, 0.15) is 0 Å². The molecule has 0 spiro atoms. The highest BCUT2D eigenvalue weighted by Crippen LogP contribution is 2.27. The Balaban J connectivity index is 2.21. The summed E-state index contributed by atoms with van der Waals surface area (Å²) in [7, 11) is -2.88. The molecule has 3 nitrogen and oxygen atoms in total. The van der Waals surface area contributed by atoms with Gasteiger partial charge >= 0.3 is 0 Å². The molecule has 1 aliphatic rings. The van der Waals surface area contributed by atoms with Crippen LogP contribution in [0.1, 0.15) is 17.3 Å². The van der Waals surface area contributed by atoms with Crippen LogP contribution in [0.15, 0.2) is 15.9 Å². The van der Waals surface area contributed by atoms with Crippen molar-refractivity contribution in [3.05, 3.63) is 20.8 Å². The first kappa shape index (κ1) is 11.6. The molecule has 84 valence electrons. The fourth-order valence-electron chi connectivity index (χ4n) is 1.66. The Morgan fingerprint density at radius 3 is 3.00 bits per heavy atom. The van der Waals surface area contributed by atoms with Crippen LogP contribution in [0.2, 0.25) is 0 Å². The fraction of sp³-hybridized carbons (Fsp3) is 0.556. The van der Waals surface area contributed by atoms with Gasteiger partial charge in [0.25, 0.3) is 0 Å². The van der Waals surface area contributed by atoms with Crippen molar-refractivity contribution in [2.75, 3.05) is 18.1 Å². The van der Waals surface area contributed by atoms with Crippen molar-refractivity contribution in [3.63, 3.8) is 0 Å². The van der Waals surface area contributed by atoms with Gasteiger partial charge in [0.05, 0.1) is 17.5 Å².